The van der Waals surface area contributed by atoms with Crippen LogP contribution in [0.15, 0.2) is 50.4 Å². The molecule has 1 amide bonds. The van der Waals surface area contributed by atoms with Gasteiger partial charge in [-0.3, -0.25) is 4.79 Å². The maximum Gasteiger partial charge on any atom is 0.233 e. The lowest BCUT2D eigenvalue weighted by Crippen LogP contribution is -2.27. The maximum absolute atomic E-state index is 12.7. The molecule has 8 heteroatoms. The van der Waals surface area contributed by atoms with Crippen LogP contribution < -0.4 is 0 Å². The van der Waals surface area contributed by atoms with E-state index in [1.807, 2.05) is 43.4 Å². The van der Waals surface area contributed by atoms with E-state index in [4.69, 9.17) is 4.42 Å². The van der Waals surface area contributed by atoms with E-state index < -0.39 is 0 Å². The minimum absolute atomic E-state index is 0.0555. The first-order chi connectivity index (χ1) is 14.6. The van der Waals surface area contributed by atoms with Crippen molar-refractivity contribution >= 4 is 33.6 Å². The van der Waals surface area contributed by atoms with Crippen LogP contribution in [0.3, 0.4) is 0 Å². The molecule has 2 fully saturated rings. The van der Waals surface area contributed by atoms with Gasteiger partial charge in [0, 0.05) is 29.0 Å². The van der Waals surface area contributed by atoms with Gasteiger partial charge in [0.25, 0.3) is 0 Å². The highest BCUT2D eigenvalue weighted by Crippen LogP contribution is 2.46. The van der Waals surface area contributed by atoms with Gasteiger partial charge in [0.15, 0.2) is 5.16 Å². The van der Waals surface area contributed by atoms with Gasteiger partial charge in [0.2, 0.25) is 5.91 Å². The molecule has 156 valence electrons. The Labute approximate surface area is 188 Å². The fraction of sp³-hybridized carbons (Fsp3) is 0.409. The Bertz CT molecular complexity index is 1050. The summed E-state index contributed by atoms with van der Waals surface area (Å²) in [4.78, 5) is 14.4. The van der Waals surface area contributed by atoms with Crippen LogP contribution >= 0.6 is 27.7 Å². The summed E-state index contributed by atoms with van der Waals surface area (Å²) < 4.78 is 9.26. The number of benzene rings is 1. The number of amides is 1. The normalized spacial score (nSPS) is 16.1. The molecular weight excluding hydrogens is 464 g/mol. The average Bonchev–Trinajstić information content (AvgIpc) is 3.68. The van der Waals surface area contributed by atoms with Gasteiger partial charge >= 0.3 is 0 Å². The van der Waals surface area contributed by atoms with E-state index in [0.717, 1.165) is 32.5 Å². The highest BCUT2D eigenvalue weighted by Gasteiger charge is 2.36. The number of rotatable bonds is 8. The lowest BCUT2D eigenvalue weighted by atomic mass is 10.2. The monoisotopic (exact) mass is 486 g/mol. The Morgan fingerprint density at radius 2 is 1.93 bits per heavy atom. The molecule has 30 heavy (non-hydrogen) atoms. The number of furan rings is 1. The molecule has 2 saturated carbocycles. The predicted octanol–water partition coefficient (Wildman–Crippen LogP) is 5.26. The molecule has 2 aliphatic rings. The lowest BCUT2D eigenvalue weighted by Gasteiger charge is -2.15. The van der Waals surface area contributed by atoms with Crippen LogP contribution in [0, 0.1) is 0 Å². The second kappa shape index (κ2) is 8.23. The van der Waals surface area contributed by atoms with Crippen LogP contribution in [-0.4, -0.2) is 38.4 Å². The summed E-state index contributed by atoms with van der Waals surface area (Å²) in [5, 5.41) is 9.68. The molecule has 5 rings (SSSR count). The van der Waals surface area contributed by atoms with Gasteiger partial charge in [-0.1, -0.05) is 39.8 Å². The van der Waals surface area contributed by atoms with Crippen LogP contribution in [-0.2, 0) is 11.3 Å². The Morgan fingerprint density at radius 3 is 2.63 bits per heavy atom. The first-order valence-corrected chi connectivity index (χ1v) is 12.0. The van der Waals surface area contributed by atoms with Crippen LogP contribution in [0.4, 0.5) is 0 Å². The molecule has 0 atom stereocenters. The van der Waals surface area contributed by atoms with Gasteiger partial charge in [-0.15, -0.1) is 10.2 Å². The maximum atomic E-state index is 12.7. The largest absolute Gasteiger partial charge is 0.459 e. The third-order valence-corrected chi connectivity index (χ3v) is 6.94. The molecule has 0 N–H and O–H groups in total. The van der Waals surface area contributed by atoms with E-state index >= 15 is 0 Å². The summed E-state index contributed by atoms with van der Waals surface area (Å²) in [6, 6.07) is 12.4. The standard InChI is InChI=1S/C22H23BrN4O2S/c1-26(12-18-10-11-19(29-18)14-4-6-16(23)7-5-14)20(28)13-30-22-25-24-21(15-2-3-15)27(22)17-8-9-17/h4-7,10-11,15,17H,2-3,8-9,12-13H2,1H3. The van der Waals surface area contributed by atoms with Gasteiger partial charge in [0.05, 0.1) is 12.3 Å². The summed E-state index contributed by atoms with van der Waals surface area (Å²) in [7, 11) is 1.81. The van der Waals surface area contributed by atoms with E-state index in [1.165, 1.54) is 37.4 Å². The van der Waals surface area contributed by atoms with Crippen molar-refractivity contribution < 1.29 is 9.21 Å². The van der Waals surface area contributed by atoms with Gasteiger partial charge in [0.1, 0.15) is 17.3 Å². The molecule has 0 radical (unpaired) electrons. The average molecular weight is 487 g/mol. The van der Waals surface area contributed by atoms with Crippen molar-refractivity contribution in [3.63, 3.8) is 0 Å². The second-order valence-electron chi connectivity index (χ2n) is 8.03. The molecule has 0 unspecified atom stereocenters. The van der Waals surface area contributed by atoms with E-state index in [-0.39, 0.29) is 5.91 Å². The van der Waals surface area contributed by atoms with Crippen LogP contribution in [0.1, 0.15) is 49.2 Å². The molecule has 0 bridgehead atoms. The zero-order valence-electron chi connectivity index (χ0n) is 16.8. The number of nitrogens with zero attached hydrogens (tertiary/aromatic N) is 4. The first-order valence-electron chi connectivity index (χ1n) is 10.2. The summed E-state index contributed by atoms with van der Waals surface area (Å²) in [5.74, 6) is 3.68. The Morgan fingerprint density at radius 1 is 1.17 bits per heavy atom. The fourth-order valence-electron chi connectivity index (χ4n) is 3.47. The Balaban J connectivity index is 1.19. The number of carbonyl (C=O) groups is 1. The molecule has 0 saturated heterocycles. The minimum atomic E-state index is 0.0555. The summed E-state index contributed by atoms with van der Waals surface area (Å²) >= 11 is 4.94. The minimum Gasteiger partial charge on any atom is -0.459 e. The van der Waals surface area contributed by atoms with E-state index in [9.17, 15) is 4.79 Å². The topological polar surface area (TPSA) is 64.2 Å². The highest BCUT2D eigenvalue weighted by molar-refractivity contribution is 9.10. The summed E-state index contributed by atoms with van der Waals surface area (Å²) in [5.41, 5.74) is 1.01. The zero-order chi connectivity index (χ0) is 20.7. The van der Waals surface area contributed by atoms with E-state index in [0.29, 0.717) is 24.3 Å². The zero-order valence-corrected chi connectivity index (χ0v) is 19.2. The summed E-state index contributed by atoms with van der Waals surface area (Å²) in [6.45, 7) is 0.443. The molecule has 2 heterocycles. The van der Waals surface area contributed by atoms with Gasteiger partial charge < -0.3 is 13.9 Å². The first kappa shape index (κ1) is 19.9. The van der Waals surface area contributed by atoms with Crippen molar-refractivity contribution in [3.8, 4) is 11.3 Å². The molecule has 6 nitrogen and oxygen atoms in total. The van der Waals surface area contributed by atoms with Crippen molar-refractivity contribution in [1.82, 2.24) is 19.7 Å². The van der Waals surface area contributed by atoms with Crippen molar-refractivity contribution in [2.45, 2.75) is 49.3 Å². The van der Waals surface area contributed by atoms with Crippen molar-refractivity contribution in [3.05, 3.63) is 52.5 Å². The molecule has 3 aromatic rings. The van der Waals surface area contributed by atoms with Crippen molar-refractivity contribution in [1.29, 1.82) is 0 Å². The molecular formula is C22H23BrN4O2S. The van der Waals surface area contributed by atoms with Crippen molar-refractivity contribution in [2.24, 2.45) is 0 Å². The van der Waals surface area contributed by atoms with Crippen LogP contribution in [0.25, 0.3) is 11.3 Å². The molecule has 0 aliphatic heterocycles. The molecule has 2 aromatic heterocycles. The number of aromatic nitrogens is 3. The Hall–Kier alpha value is -2.06. The highest BCUT2D eigenvalue weighted by atomic mass is 79.9. The summed E-state index contributed by atoms with van der Waals surface area (Å²) in [6.07, 6.45) is 4.81. The predicted molar refractivity (Wildman–Crippen MR) is 119 cm³/mol. The van der Waals surface area contributed by atoms with Gasteiger partial charge in [-0.05, 0) is 49.9 Å². The SMILES string of the molecule is CN(Cc1ccc(-c2ccc(Br)cc2)o1)C(=O)CSc1nnc(C2CC2)n1C1CC1. The van der Waals surface area contributed by atoms with Gasteiger partial charge in [-0.25, -0.2) is 0 Å². The lowest BCUT2D eigenvalue weighted by molar-refractivity contribution is -0.127. The van der Waals surface area contributed by atoms with Gasteiger partial charge in [-0.2, -0.15) is 0 Å². The second-order valence-corrected chi connectivity index (χ2v) is 9.89. The van der Waals surface area contributed by atoms with E-state index in [2.05, 4.69) is 30.7 Å². The molecule has 2 aliphatic carbocycles. The number of hydrogen-bond acceptors (Lipinski definition) is 5. The third-order valence-electron chi connectivity index (χ3n) is 5.48. The number of halogens is 1. The van der Waals surface area contributed by atoms with Crippen LogP contribution in [0.2, 0.25) is 0 Å². The number of carbonyl (C=O) groups excluding carboxylic acids is 1. The number of hydrogen-bond donors (Lipinski definition) is 0. The fourth-order valence-corrected chi connectivity index (χ4v) is 4.69. The van der Waals surface area contributed by atoms with Crippen LogP contribution in [0.5, 0.6) is 0 Å². The quantitative estimate of drug-likeness (QED) is 0.406. The molecule has 1 aromatic carbocycles. The van der Waals surface area contributed by atoms with E-state index in [1.54, 1.807) is 4.90 Å². The third kappa shape index (κ3) is 4.34. The number of thioether (sulfide) groups is 1. The Kier molecular flexibility index (Phi) is 5.45. The smallest absolute Gasteiger partial charge is 0.233 e. The van der Waals surface area contributed by atoms with Crippen molar-refractivity contribution in [2.75, 3.05) is 12.8 Å². The molecule has 0 spiro atoms.